The quantitative estimate of drug-likeness (QED) is 0.757. The molecular formula is C16H19N5. The van der Waals surface area contributed by atoms with Gasteiger partial charge in [0.15, 0.2) is 0 Å². The van der Waals surface area contributed by atoms with Gasteiger partial charge in [-0.15, -0.1) is 0 Å². The molecule has 0 fully saturated rings. The van der Waals surface area contributed by atoms with Crippen molar-refractivity contribution in [1.82, 2.24) is 9.97 Å². The predicted octanol–water partition coefficient (Wildman–Crippen LogP) is 3.69. The Bertz CT molecular complexity index is 618. The molecule has 5 nitrogen and oxygen atoms in total. The van der Waals surface area contributed by atoms with Crippen molar-refractivity contribution in [3.63, 3.8) is 0 Å². The maximum absolute atomic E-state index is 8.90. The second kappa shape index (κ2) is 7.85. The van der Waals surface area contributed by atoms with E-state index in [1.54, 1.807) is 24.4 Å². The largest absolute Gasteiger partial charge is 0.354 e. The van der Waals surface area contributed by atoms with E-state index in [1.165, 1.54) is 12.8 Å². The molecule has 0 bridgehead atoms. The van der Waals surface area contributed by atoms with Gasteiger partial charge in [0.2, 0.25) is 5.95 Å². The fourth-order valence-corrected chi connectivity index (χ4v) is 1.90. The molecule has 0 radical (unpaired) electrons. The first-order valence-corrected chi connectivity index (χ1v) is 7.16. The zero-order valence-corrected chi connectivity index (χ0v) is 12.1. The third kappa shape index (κ3) is 4.77. The summed E-state index contributed by atoms with van der Waals surface area (Å²) in [5, 5.41) is 15.3. The van der Waals surface area contributed by atoms with Gasteiger partial charge in [-0.3, -0.25) is 0 Å². The monoisotopic (exact) mass is 281 g/mol. The SMILES string of the molecule is CCCCCNc1nccc(Nc2cccc(C#N)c2)n1. The average molecular weight is 281 g/mol. The van der Waals surface area contributed by atoms with E-state index in [9.17, 15) is 0 Å². The first-order valence-electron chi connectivity index (χ1n) is 7.16. The van der Waals surface area contributed by atoms with Crippen molar-refractivity contribution >= 4 is 17.5 Å². The predicted molar refractivity (Wildman–Crippen MR) is 84.5 cm³/mol. The third-order valence-corrected chi connectivity index (χ3v) is 2.98. The van der Waals surface area contributed by atoms with Crippen LogP contribution in [0.25, 0.3) is 0 Å². The number of hydrogen-bond acceptors (Lipinski definition) is 5. The third-order valence-electron chi connectivity index (χ3n) is 2.98. The molecule has 0 aliphatic carbocycles. The van der Waals surface area contributed by atoms with Gasteiger partial charge in [-0.05, 0) is 30.7 Å². The molecule has 0 spiro atoms. The summed E-state index contributed by atoms with van der Waals surface area (Å²) in [7, 11) is 0. The van der Waals surface area contributed by atoms with E-state index in [2.05, 4.69) is 33.6 Å². The summed E-state index contributed by atoms with van der Waals surface area (Å²) in [6.45, 7) is 3.05. The van der Waals surface area contributed by atoms with Gasteiger partial charge >= 0.3 is 0 Å². The molecular weight excluding hydrogens is 262 g/mol. The Labute approximate surface area is 125 Å². The highest BCUT2D eigenvalue weighted by Gasteiger charge is 2.00. The summed E-state index contributed by atoms with van der Waals surface area (Å²) in [6, 6.07) is 11.2. The van der Waals surface area contributed by atoms with Gasteiger partial charge in [-0.1, -0.05) is 25.8 Å². The highest BCUT2D eigenvalue weighted by atomic mass is 15.1. The summed E-state index contributed by atoms with van der Waals surface area (Å²) in [4.78, 5) is 8.60. The second-order valence-electron chi connectivity index (χ2n) is 4.72. The molecule has 2 aromatic rings. The number of unbranched alkanes of at least 4 members (excludes halogenated alkanes) is 2. The van der Waals surface area contributed by atoms with E-state index in [0.29, 0.717) is 17.3 Å². The lowest BCUT2D eigenvalue weighted by Gasteiger charge is -2.08. The Morgan fingerprint density at radius 3 is 2.95 bits per heavy atom. The van der Waals surface area contributed by atoms with Crippen molar-refractivity contribution < 1.29 is 0 Å². The minimum atomic E-state index is 0.618. The first kappa shape index (κ1) is 14.8. The lowest BCUT2D eigenvalue weighted by molar-refractivity contribution is 0.740. The topological polar surface area (TPSA) is 73.6 Å². The Kier molecular flexibility index (Phi) is 5.53. The number of anilines is 3. The van der Waals surface area contributed by atoms with Crippen LogP contribution in [0, 0.1) is 11.3 Å². The Hall–Kier alpha value is -2.61. The number of nitrogens with zero attached hydrogens (tertiary/aromatic N) is 3. The number of benzene rings is 1. The van der Waals surface area contributed by atoms with Gasteiger partial charge in [0.25, 0.3) is 0 Å². The molecule has 0 saturated heterocycles. The lowest BCUT2D eigenvalue weighted by atomic mass is 10.2. The van der Waals surface area contributed by atoms with Gasteiger partial charge in [-0.2, -0.15) is 10.2 Å². The van der Waals surface area contributed by atoms with Gasteiger partial charge in [-0.25, -0.2) is 4.98 Å². The van der Waals surface area contributed by atoms with Crippen LogP contribution in [-0.4, -0.2) is 16.5 Å². The van der Waals surface area contributed by atoms with E-state index in [-0.39, 0.29) is 0 Å². The average Bonchev–Trinajstić information content (AvgIpc) is 2.52. The Balaban J connectivity index is 1.98. The molecule has 2 rings (SSSR count). The molecule has 0 saturated carbocycles. The molecule has 2 N–H and O–H groups in total. The minimum Gasteiger partial charge on any atom is -0.354 e. The highest BCUT2D eigenvalue weighted by molar-refractivity contribution is 5.59. The fraction of sp³-hybridized carbons (Fsp3) is 0.312. The van der Waals surface area contributed by atoms with Gasteiger partial charge in [0.05, 0.1) is 11.6 Å². The number of hydrogen-bond donors (Lipinski definition) is 2. The van der Waals surface area contributed by atoms with Gasteiger partial charge in [0.1, 0.15) is 5.82 Å². The summed E-state index contributed by atoms with van der Waals surface area (Å²) >= 11 is 0. The van der Waals surface area contributed by atoms with E-state index in [4.69, 9.17) is 5.26 Å². The standard InChI is InChI=1S/C16H19N5/c1-2-3-4-9-18-16-19-10-8-15(21-16)20-14-7-5-6-13(11-14)12-17/h5-8,10-11H,2-4,9H2,1H3,(H2,18,19,20,21). The number of nitriles is 1. The molecule has 108 valence electrons. The molecule has 1 aromatic carbocycles. The lowest BCUT2D eigenvalue weighted by Crippen LogP contribution is -2.06. The van der Waals surface area contributed by atoms with Gasteiger partial charge < -0.3 is 10.6 Å². The van der Waals surface area contributed by atoms with Crippen molar-refractivity contribution in [2.75, 3.05) is 17.2 Å². The molecule has 21 heavy (non-hydrogen) atoms. The summed E-state index contributed by atoms with van der Waals surface area (Å²) in [5.74, 6) is 1.32. The van der Waals surface area contributed by atoms with Crippen molar-refractivity contribution in [2.45, 2.75) is 26.2 Å². The van der Waals surface area contributed by atoms with Crippen molar-refractivity contribution in [1.29, 1.82) is 5.26 Å². The molecule has 0 unspecified atom stereocenters. The molecule has 1 aromatic heterocycles. The highest BCUT2D eigenvalue weighted by Crippen LogP contribution is 2.16. The van der Waals surface area contributed by atoms with Crippen LogP contribution in [0.5, 0.6) is 0 Å². The summed E-state index contributed by atoms with van der Waals surface area (Å²) in [6.07, 6.45) is 5.22. The van der Waals surface area contributed by atoms with Crippen LogP contribution in [0.4, 0.5) is 17.5 Å². The molecule has 5 heteroatoms. The van der Waals surface area contributed by atoms with Crippen LogP contribution in [0.1, 0.15) is 31.7 Å². The first-order chi connectivity index (χ1) is 10.3. The molecule has 0 aliphatic rings. The summed E-state index contributed by atoms with van der Waals surface area (Å²) in [5.41, 5.74) is 1.46. The maximum atomic E-state index is 8.90. The Morgan fingerprint density at radius 1 is 1.24 bits per heavy atom. The van der Waals surface area contributed by atoms with Crippen LogP contribution in [0.2, 0.25) is 0 Å². The maximum Gasteiger partial charge on any atom is 0.224 e. The Morgan fingerprint density at radius 2 is 2.14 bits per heavy atom. The van der Waals surface area contributed by atoms with E-state index >= 15 is 0 Å². The fourth-order valence-electron chi connectivity index (χ4n) is 1.90. The zero-order chi connectivity index (χ0) is 14.9. The smallest absolute Gasteiger partial charge is 0.224 e. The van der Waals surface area contributed by atoms with Gasteiger partial charge in [0, 0.05) is 18.4 Å². The minimum absolute atomic E-state index is 0.618. The molecule has 1 heterocycles. The second-order valence-corrected chi connectivity index (χ2v) is 4.72. The number of rotatable bonds is 7. The van der Waals surface area contributed by atoms with Crippen molar-refractivity contribution in [3.05, 3.63) is 42.1 Å². The van der Waals surface area contributed by atoms with Crippen molar-refractivity contribution in [3.8, 4) is 6.07 Å². The zero-order valence-electron chi connectivity index (χ0n) is 12.1. The summed E-state index contributed by atoms with van der Waals surface area (Å²) < 4.78 is 0. The number of aromatic nitrogens is 2. The van der Waals surface area contributed by atoms with Crippen LogP contribution in [0.15, 0.2) is 36.5 Å². The molecule has 0 amide bonds. The van der Waals surface area contributed by atoms with E-state index in [0.717, 1.165) is 18.7 Å². The van der Waals surface area contributed by atoms with Crippen LogP contribution in [-0.2, 0) is 0 Å². The normalized spacial score (nSPS) is 9.90. The molecule has 0 atom stereocenters. The van der Waals surface area contributed by atoms with E-state index < -0.39 is 0 Å². The van der Waals surface area contributed by atoms with Crippen LogP contribution < -0.4 is 10.6 Å². The van der Waals surface area contributed by atoms with Crippen LogP contribution >= 0.6 is 0 Å². The molecule has 0 aliphatic heterocycles. The van der Waals surface area contributed by atoms with E-state index in [1.807, 2.05) is 12.1 Å². The van der Waals surface area contributed by atoms with Crippen LogP contribution in [0.3, 0.4) is 0 Å². The van der Waals surface area contributed by atoms with Crippen molar-refractivity contribution in [2.24, 2.45) is 0 Å². The number of nitrogens with one attached hydrogen (secondary N) is 2.